The molecule has 1 aliphatic carbocycles. The van der Waals surface area contributed by atoms with E-state index < -0.39 is 0 Å². The van der Waals surface area contributed by atoms with Crippen molar-refractivity contribution < 1.29 is 25.8 Å². The molecule has 0 fully saturated rings. The van der Waals surface area contributed by atoms with E-state index in [4.69, 9.17) is 0 Å². The monoisotopic (exact) mass is 442 g/mol. The normalized spacial score (nSPS) is 9.60. The van der Waals surface area contributed by atoms with E-state index in [1.54, 1.807) is 6.92 Å². The Morgan fingerprint density at radius 3 is 1.65 bits per heavy atom. The number of nitrogens with zero attached hydrogens (tertiary/aromatic N) is 2. The van der Waals surface area contributed by atoms with Gasteiger partial charge >= 0.3 is 25.8 Å². The maximum atomic E-state index is 3.85. The minimum Gasteiger partial charge on any atom is -0.665 e. The average molecular weight is 441 g/mol. The molecule has 2 nitrogen and oxygen atoms in total. The fourth-order valence-electron chi connectivity index (χ4n) is 0.781. The number of rotatable bonds is 6. The Morgan fingerprint density at radius 2 is 1.55 bits per heavy atom. The minimum absolute atomic E-state index is 0. The van der Waals surface area contributed by atoms with Gasteiger partial charge in [-0.05, 0) is 0 Å². The zero-order chi connectivity index (χ0) is 15.2. The summed E-state index contributed by atoms with van der Waals surface area (Å²) in [4.78, 5) is 0. The van der Waals surface area contributed by atoms with Crippen molar-refractivity contribution >= 4 is 0 Å². The third-order valence-corrected chi connectivity index (χ3v) is 1.70. The van der Waals surface area contributed by atoms with Gasteiger partial charge in [0, 0.05) is 0 Å². The van der Waals surface area contributed by atoms with Crippen LogP contribution in [-0.4, -0.2) is 27.2 Å². The van der Waals surface area contributed by atoms with E-state index in [9.17, 15) is 0 Å². The second-order valence-electron chi connectivity index (χ2n) is 3.24. The van der Waals surface area contributed by atoms with Crippen molar-refractivity contribution in [2.45, 2.75) is 26.2 Å². The summed E-state index contributed by atoms with van der Waals surface area (Å²) < 4.78 is 0. The molecule has 1 aliphatic rings. The smallest absolute Gasteiger partial charge is 0.665 e. The molecule has 1 rings (SSSR count). The predicted octanol–water partition coefficient (Wildman–Crippen LogP) is 5.28. The van der Waals surface area contributed by atoms with Crippen molar-refractivity contribution in [1.29, 1.82) is 0 Å². The molecule has 0 amide bonds. The van der Waals surface area contributed by atoms with E-state index in [-0.39, 0.29) is 25.8 Å². The summed E-state index contributed by atoms with van der Waals surface area (Å²) in [7, 11) is 3.62. The van der Waals surface area contributed by atoms with Crippen LogP contribution >= 0.6 is 0 Å². The summed E-state index contributed by atoms with van der Waals surface area (Å²) in [6, 6.07) is 0. The molecule has 0 aromatic heterocycles. The SMILES string of the molecule is C=CCC[N-]C.C=CCC[N-]C.[C-]1=CC=CC1.[CH2-]C.[Hf+4]. The van der Waals surface area contributed by atoms with Crippen LogP contribution in [0.2, 0.25) is 0 Å². The number of hydrogen-bond donors (Lipinski definition) is 0. The third-order valence-electron chi connectivity index (χ3n) is 1.70. The van der Waals surface area contributed by atoms with Crippen molar-refractivity contribution in [3.8, 4) is 0 Å². The average Bonchev–Trinajstić information content (AvgIpc) is 3.05. The van der Waals surface area contributed by atoms with Crippen molar-refractivity contribution in [1.82, 2.24) is 0 Å². The van der Waals surface area contributed by atoms with Crippen LogP contribution in [0.5, 0.6) is 0 Å². The van der Waals surface area contributed by atoms with Gasteiger partial charge in [-0.15, -0.1) is 32.7 Å². The first-order valence-corrected chi connectivity index (χ1v) is 6.58. The fourth-order valence-corrected chi connectivity index (χ4v) is 0.781. The van der Waals surface area contributed by atoms with Crippen LogP contribution in [0.25, 0.3) is 10.6 Å². The second kappa shape index (κ2) is 36.3. The van der Waals surface area contributed by atoms with Crippen molar-refractivity contribution in [3.63, 3.8) is 0 Å². The first-order chi connectivity index (χ1) is 9.33. The van der Waals surface area contributed by atoms with Crippen molar-refractivity contribution in [3.05, 3.63) is 67.2 Å². The molecule has 0 aliphatic heterocycles. The van der Waals surface area contributed by atoms with Crippen LogP contribution in [-0.2, 0) is 25.8 Å². The van der Waals surface area contributed by atoms with E-state index in [0.717, 1.165) is 32.4 Å². The molecule has 0 saturated heterocycles. The number of allylic oxidation sites excluding steroid dienone is 4. The molecule has 0 bridgehead atoms. The molecule has 0 saturated carbocycles. The fraction of sp³-hybridized carbons (Fsp3) is 0.471. The second-order valence-corrected chi connectivity index (χ2v) is 3.24. The summed E-state index contributed by atoms with van der Waals surface area (Å²) >= 11 is 0. The molecule has 0 atom stereocenters. The largest absolute Gasteiger partial charge is 4.00 e. The van der Waals surface area contributed by atoms with Gasteiger partial charge in [-0.2, -0.15) is 27.1 Å². The maximum Gasteiger partial charge on any atom is 4.00 e. The molecule has 3 heteroatoms. The van der Waals surface area contributed by atoms with Crippen molar-refractivity contribution in [2.24, 2.45) is 0 Å². The van der Waals surface area contributed by atoms with Gasteiger partial charge in [0.1, 0.15) is 0 Å². The van der Waals surface area contributed by atoms with Crippen LogP contribution in [0.3, 0.4) is 0 Å². The molecule has 0 heterocycles. The molecule has 0 aromatic rings. The molecule has 0 spiro atoms. The molecule has 112 valence electrons. The van der Waals surface area contributed by atoms with Gasteiger partial charge in [-0.25, -0.2) is 12.2 Å². The first-order valence-electron chi connectivity index (χ1n) is 6.58. The Morgan fingerprint density at radius 1 is 1.10 bits per heavy atom. The molecular formula is C17H30HfN2. The van der Waals surface area contributed by atoms with Crippen LogP contribution in [0.15, 0.2) is 43.5 Å². The minimum atomic E-state index is 0. The van der Waals surface area contributed by atoms with Gasteiger partial charge < -0.3 is 17.6 Å². The molecular weight excluding hydrogens is 411 g/mol. The van der Waals surface area contributed by atoms with Crippen LogP contribution in [0, 0.1) is 13.0 Å². The summed E-state index contributed by atoms with van der Waals surface area (Å²) in [5, 5.41) is 7.71. The van der Waals surface area contributed by atoms with Gasteiger partial charge in [-0.3, -0.25) is 6.08 Å². The Kier molecular flexibility index (Phi) is 50.9. The van der Waals surface area contributed by atoms with Gasteiger partial charge in [-0.1, -0.05) is 25.0 Å². The van der Waals surface area contributed by atoms with E-state index in [1.807, 2.05) is 38.4 Å². The number of hydrogen-bond acceptors (Lipinski definition) is 0. The zero-order valence-corrected chi connectivity index (χ0v) is 17.0. The van der Waals surface area contributed by atoms with Crippen molar-refractivity contribution in [2.75, 3.05) is 27.2 Å². The van der Waals surface area contributed by atoms with E-state index in [2.05, 4.69) is 42.9 Å². The Hall–Kier alpha value is -0.250. The van der Waals surface area contributed by atoms with Gasteiger partial charge in [0.2, 0.25) is 0 Å². The summed E-state index contributed by atoms with van der Waals surface area (Å²) in [5.74, 6) is 0. The van der Waals surface area contributed by atoms with E-state index >= 15 is 0 Å². The van der Waals surface area contributed by atoms with Crippen LogP contribution < -0.4 is 0 Å². The Labute approximate surface area is 146 Å². The molecule has 20 heavy (non-hydrogen) atoms. The summed E-state index contributed by atoms with van der Waals surface area (Å²) in [6.45, 7) is 13.9. The topological polar surface area (TPSA) is 28.2 Å². The molecule has 0 N–H and O–H groups in total. The predicted molar refractivity (Wildman–Crippen MR) is 90.5 cm³/mol. The van der Waals surface area contributed by atoms with Gasteiger partial charge in [0.05, 0.1) is 0 Å². The van der Waals surface area contributed by atoms with Gasteiger partial charge in [0.15, 0.2) is 0 Å². The first kappa shape index (κ1) is 28.0. The van der Waals surface area contributed by atoms with Gasteiger partial charge in [0.25, 0.3) is 0 Å². The van der Waals surface area contributed by atoms with Crippen LogP contribution in [0.1, 0.15) is 26.2 Å². The molecule has 0 aromatic carbocycles. The summed E-state index contributed by atoms with van der Waals surface area (Å²) in [6.07, 6.45) is 15.8. The third kappa shape index (κ3) is 43.1. The van der Waals surface area contributed by atoms with Crippen LogP contribution in [0.4, 0.5) is 0 Å². The molecule has 0 radical (unpaired) electrons. The Bertz CT molecular complexity index is 189. The Balaban J connectivity index is -0.0000000883. The van der Waals surface area contributed by atoms with E-state index in [1.165, 1.54) is 0 Å². The van der Waals surface area contributed by atoms with E-state index in [0.29, 0.717) is 0 Å². The maximum absolute atomic E-state index is 3.85. The summed E-state index contributed by atoms with van der Waals surface area (Å²) in [5.41, 5.74) is 0. The zero-order valence-electron chi connectivity index (χ0n) is 13.4. The quantitative estimate of drug-likeness (QED) is 0.233. The molecule has 0 unspecified atom stereocenters. The standard InChI is InChI=1S/2C5H10N.C5H5.C2H5.Hf/c2*1-3-4-5-6-2;1-2-4-5-3-1;1-2;/h2*3H,1,4-5H2,2H3;1-3H,4H2;1H2,2H3;/q4*-1;+4.